The van der Waals surface area contributed by atoms with Crippen LogP contribution in [0.1, 0.15) is 17.8 Å². The molecule has 1 aliphatic heterocycles. The fourth-order valence-corrected chi connectivity index (χ4v) is 4.94. The summed E-state index contributed by atoms with van der Waals surface area (Å²) in [6, 6.07) is 5.17. The highest BCUT2D eigenvalue weighted by molar-refractivity contribution is 7.89. The number of carbonyl (C=O) groups is 1. The summed E-state index contributed by atoms with van der Waals surface area (Å²) in [6.45, 7) is 2.08. The zero-order valence-electron chi connectivity index (χ0n) is 12.8. The number of benzene rings is 1. The van der Waals surface area contributed by atoms with Gasteiger partial charge in [-0.1, -0.05) is 22.9 Å². The lowest BCUT2D eigenvalue weighted by Gasteiger charge is -2.23. The first-order chi connectivity index (χ1) is 11.4. The van der Waals surface area contributed by atoms with Crippen molar-refractivity contribution >= 4 is 44.0 Å². The van der Waals surface area contributed by atoms with Gasteiger partial charge in [-0.05, 0) is 44.0 Å². The summed E-state index contributed by atoms with van der Waals surface area (Å²) in [4.78, 5) is 12.6. The first-order valence-corrected chi connectivity index (χ1v) is 9.90. The Hall–Kier alpha value is -1.55. The normalized spacial score (nSPS) is 18.7. The van der Waals surface area contributed by atoms with Gasteiger partial charge in [0.05, 0.1) is 4.90 Å². The van der Waals surface area contributed by atoms with Gasteiger partial charge >= 0.3 is 0 Å². The van der Waals surface area contributed by atoms with Gasteiger partial charge in [-0.25, -0.2) is 8.42 Å². The predicted octanol–water partition coefficient (Wildman–Crippen LogP) is 2.29. The zero-order chi connectivity index (χ0) is 17.3. The first-order valence-electron chi connectivity index (χ1n) is 7.26. The second kappa shape index (κ2) is 6.75. The Kier molecular flexibility index (Phi) is 4.86. The number of carbonyl (C=O) groups excluding carboxylic acids is 1. The molecule has 1 aromatic carbocycles. The van der Waals surface area contributed by atoms with Gasteiger partial charge in [0.2, 0.25) is 21.1 Å². The molecule has 0 spiro atoms. The molecule has 1 saturated heterocycles. The average Bonchev–Trinajstić information content (AvgIpc) is 3.17. The number of aromatic nitrogens is 2. The van der Waals surface area contributed by atoms with Crippen LogP contribution in [-0.4, -0.2) is 41.4 Å². The van der Waals surface area contributed by atoms with E-state index in [9.17, 15) is 13.2 Å². The molecule has 1 N–H and O–H groups in total. The monoisotopic (exact) mass is 386 g/mol. The second-order valence-corrected chi connectivity index (χ2v) is 8.85. The minimum absolute atomic E-state index is 0.123. The van der Waals surface area contributed by atoms with Crippen molar-refractivity contribution in [2.75, 3.05) is 11.9 Å². The summed E-state index contributed by atoms with van der Waals surface area (Å²) in [5.74, 6) is -0.388. The van der Waals surface area contributed by atoms with Gasteiger partial charge in [-0.15, -0.1) is 10.2 Å². The molecule has 10 heteroatoms. The maximum Gasteiger partial charge on any atom is 0.244 e. The van der Waals surface area contributed by atoms with Crippen molar-refractivity contribution in [1.82, 2.24) is 14.5 Å². The molecule has 7 nitrogen and oxygen atoms in total. The van der Waals surface area contributed by atoms with E-state index in [2.05, 4.69) is 15.5 Å². The molecule has 0 bridgehead atoms. The van der Waals surface area contributed by atoms with E-state index in [4.69, 9.17) is 11.6 Å². The molecule has 128 valence electrons. The van der Waals surface area contributed by atoms with Gasteiger partial charge < -0.3 is 0 Å². The van der Waals surface area contributed by atoms with E-state index in [0.29, 0.717) is 29.5 Å². The summed E-state index contributed by atoms with van der Waals surface area (Å²) in [5.41, 5.74) is 0. The molecular formula is C14H15ClN4O3S2. The summed E-state index contributed by atoms with van der Waals surface area (Å²) >= 11 is 7.05. The van der Waals surface area contributed by atoms with Crippen LogP contribution in [-0.2, 0) is 14.8 Å². The third kappa shape index (κ3) is 3.44. The third-order valence-corrected chi connectivity index (χ3v) is 6.61. The van der Waals surface area contributed by atoms with Crippen LogP contribution >= 0.6 is 22.9 Å². The van der Waals surface area contributed by atoms with Crippen LogP contribution in [0.15, 0.2) is 29.2 Å². The lowest BCUT2D eigenvalue weighted by atomic mass is 10.2. The molecule has 0 aliphatic carbocycles. The molecule has 0 radical (unpaired) electrons. The van der Waals surface area contributed by atoms with Crippen molar-refractivity contribution in [3.8, 4) is 0 Å². The van der Waals surface area contributed by atoms with Gasteiger partial charge in [0, 0.05) is 11.6 Å². The molecule has 0 unspecified atom stereocenters. The summed E-state index contributed by atoms with van der Waals surface area (Å²) in [5, 5.41) is 11.9. The van der Waals surface area contributed by atoms with E-state index < -0.39 is 16.1 Å². The molecule has 1 atom stereocenters. The Labute approximate surface area is 148 Å². The van der Waals surface area contributed by atoms with Crippen molar-refractivity contribution in [2.45, 2.75) is 30.7 Å². The van der Waals surface area contributed by atoms with Crippen molar-refractivity contribution < 1.29 is 13.2 Å². The molecule has 24 heavy (non-hydrogen) atoms. The lowest BCUT2D eigenvalue weighted by Crippen LogP contribution is -2.43. The Morgan fingerprint density at radius 1 is 1.33 bits per heavy atom. The van der Waals surface area contributed by atoms with E-state index in [1.165, 1.54) is 39.9 Å². The molecule has 0 saturated carbocycles. The number of nitrogens with zero attached hydrogens (tertiary/aromatic N) is 3. The number of rotatable bonds is 4. The van der Waals surface area contributed by atoms with Crippen molar-refractivity contribution in [2.24, 2.45) is 0 Å². The Morgan fingerprint density at radius 3 is 2.67 bits per heavy atom. The number of hydrogen-bond donors (Lipinski definition) is 1. The highest BCUT2D eigenvalue weighted by Gasteiger charge is 2.39. The number of nitrogens with one attached hydrogen (secondary N) is 1. The fraction of sp³-hybridized carbons (Fsp3) is 0.357. The topological polar surface area (TPSA) is 92.3 Å². The highest BCUT2D eigenvalue weighted by Crippen LogP contribution is 2.28. The standard InChI is InChI=1S/C14H15ClN4O3S2/c1-9-17-18-14(23-9)16-13(20)12-3-2-8-19(12)24(21,22)11-6-4-10(15)5-7-11/h4-7,12H,2-3,8H2,1H3,(H,16,18,20)/t12-/m1/s1. The fourth-order valence-electron chi connectivity index (χ4n) is 2.57. The van der Waals surface area contributed by atoms with Crippen LogP contribution in [0.25, 0.3) is 0 Å². The van der Waals surface area contributed by atoms with Crippen LogP contribution < -0.4 is 5.32 Å². The summed E-state index contributed by atoms with van der Waals surface area (Å²) in [6.07, 6.45) is 1.09. The van der Waals surface area contributed by atoms with E-state index in [1.54, 1.807) is 6.92 Å². The maximum absolute atomic E-state index is 12.8. The average molecular weight is 387 g/mol. The SMILES string of the molecule is Cc1nnc(NC(=O)[C@H]2CCCN2S(=O)(=O)c2ccc(Cl)cc2)s1. The summed E-state index contributed by atoms with van der Waals surface area (Å²) in [7, 11) is -3.76. The Bertz CT molecular complexity index is 851. The second-order valence-electron chi connectivity index (χ2n) is 5.34. The van der Waals surface area contributed by atoms with Crippen LogP contribution in [0.3, 0.4) is 0 Å². The maximum atomic E-state index is 12.8. The molecule has 1 aliphatic rings. The van der Waals surface area contributed by atoms with E-state index in [0.717, 1.165) is 5.01 Å². The Morgan fingerprint density at radius 2 is 2.04 bits per heavy atom. The van der Waals surface area contributed by atoms with Gasteiger partial charge in [0.15, 0.2) is 0 Å². The van der Waals surface area contributed by atoms with Gasteiger partial charge in [0.1, 0.15) is 11.0 Å². The van der Waals surface area contributed by atoms with Gasteiger partial charge in [0.25, 0.3) is 0 Å². The molecular weight excluding hydrogens is 372 g/mol. The molecule has 1 aromatic heterocycles. The number of aryl methyl sites for hydroxylation is 1. The van der Waals surface area contributed by atoms with Crippen LogP contribution in [0.2, 0.25) is 5.02 Å². The largest absolute Gasteiger partial charge is 0.299 e. The Balaban J connectivity index is 1.81. The van der Waals surface area contributed by atoms with Crippen molar-refractivity contribution in [3.05, 3.63) is 34.3 Å². The molecule has 2 aromatic rings. The molecule has 1 fully saturated rings. The molecule has 2 heterocycles. The third-order valence-electron chi connectivity index (χ3n) is 3.68. The minimum atomic E-state index is -3.76. The number of amides is 1. The van der Waals surface area contributed by atoms with Crippen molar-refractivity contribution in [3.63, 3.8) is 0 Å². The van der Waals surface area contributed by atoms with Crippen LogP contribution in [0, 0.1) is 6.92 Å². The number of hydrogen-bond acceptors (Lipinski definition) is 6. The smallest absolute Gasteiger partial charge is 0.244 e. The molecule has 3 rings (SSSR count). The molecule has 1 amide bonds. The van der Waals surface area contributed by atoms with E-state index in [1.807, 2.05) is 0 Å². The minimum Gasteiger partial charge on any atom is -0.299 e. The van der Waals surface area contributed by atoms with Gasteiger partial charge in [-0.3, -0.25) is 10.1 Å². The van der Waals surface area contributed by atoms with Crippen molar-refractivity contribution in [1.29, 1.82) is 0 Å². The van der Waals surface area contributed by atoms with E-state index in [-0.39, 0.29) is 10.8 Å². The number of anilines is 1. The van der Waals surface area contributed by atoms with Crippen LogP contribution in [0.4, 0.5) is 5.13 Å². The number of halogens is 1. The zero-order valence-corrected chi connectivity index (χ0v) is 15.2. The van der Waals surface area contributed by atoms with Gasteiger partial charge in [-0.2, -0.15) is 4.31 Å². The highest BCUT2D eigenvalue weighted by atomic mass is 35.5. The van der Waals surface area contributed by atoms with Crippen LogP contribution in [0.5, 0.6) is 0 Å². The lowest BCUT2D eigenvalue weighted by molar-refractivity contribution is -0.119. The quantitative estimate of drug-likeness (QED) is 0.870. The number of sulfonamides is 1. The predicted molar refractivity (Wildman–Crippen MR) is 91.6 cm³/mol. The first kappa shape index (κ1) is 17.3. The van der Waals surface area contributed by atoms with E-state index >= 15 is 0 Å². The summed E-state index contributed by atoms with van der Waals surface area (Å²) < 4.78 is 26.8.